The SMILES string of the molecule is C/C(=N/N=C(/N)OB1OCC(C)O1)c1cccc2ccccc12. The molecule has 2 aromatic rings. The molecule has 0 saturated carbocycles. The van der Waals surface area contributed by atoms with Gasteiger partial charge in [-0.15, -0.1) is 0 Å². The van der Waals surface area contributed by atoms with Crippen LogP contribution in [0.25, 0.3) is 10.8 Å². The fourth-order valence-corrected chi connectivity index (χ4v) is 2.39. The number of amidine groups is 1. The van der Waals surface area contributed by atoms with Crippen molar-refractivity contribution in [1.82, 2.24) is 0 Å². The second kappa shape index (κ2) is 6.81. The van der Waals surface area contributed by atoms with Gasteiger partial charge in [0.15, 0.2) is 0 Å². The lowest BCUT2D eigenvalue weighted by Gasteiger charge is -2.06. The zero-order valence-corrected chi connectivity index (χ0v) is 13.1. The van der Waals surface area contributed by atoms with Crippen molar-refractivity contribution in [2.75, 3.05) is 6.61 Å². The van der Waals surface area contributed by atoms with Gasteiger partial charge in [0, 0.05) is 5.56 Å². The van der Waals surface area contributed by atoms with E-state index in [1.54, 1.807) is 0 Å². The molecular weight excluding hydrogens is 293 g/mol. The molecule has 6 nitrogen and oxygen atoms in total. The molecule has 1 saturated heterocycles. The fourth-order valence-electron chi connectivity index (χ4n) is 2.39. The molecule has 0 radical (unpaired) electrons. The molecule has 2 aromatic carbocycles. The first-order valence-electron chi connectivity index (χ1n) is 7.43. The number of rotatable bonds is 3. The van der Waals surface area contributed by atoms with Crippen molar-refractivity contribution in [1.29, 1.82) is 0 Å². The number of hydrogen-bond acceptors (Lipinski definition) is 5. The van der Waals surface area contributed by atoms with Gasteiger partial charge in [0.1, 0.15) is 0 Å². The summed E-state index contributed by atoms with van der Waals surface area (Å²) in [5, 5.41) is 10.3. The van der Waals surface area contributed by atoms with E-state index in [1.165, 1.54) is 0 Å². The molecule has 1 heterocycles. The monoisotopic (exact) mass is 311 g/mol. The smallest absolute Gasteiger partial charge is 0.483 e. The van der Waals surface area contributed by atoms with Gasteiger partial charge in [-0.05, 0) is 24.6 Å². The maximum absolute atomic E-state index is 5.70. The Kier molecular flexibility index (Phi) is 4.59. The Morgan fingerprint density at radius 3 is 2.78 bits per heavy atom. The van der Waals surface area contributed by atoms with Crippen molar-refractivity contribution >= 4 is 29.8 Å². The van der Waals surface area contributed by atoms with Crippen LogP contribution in [0.5, 0.6) is 0 Å². The standard InChI is InChI=1S/C16H18BN3O3/c1-11-10-21-17(22-11)23-16(18)20-19-12(2)14-9-5-7-13-6-3-4-8-15(13)14/h3-9,11H,10H2,1-2H3,(H2,18,20)/b19-12-. The van der Waals surface area contributed by atoms with Crippen LogP contribution in [0.15, 0.2) is 52.7 Å². The summed E-state index contributed by atoms with van der Waals surface area (Å²) >= 11 is 0. The molecule has 1 aliphatic rings. The molecule has 3 rings (SSSR count). The first-order chi connectivity index (χ1) is 11.1. The lowest BCUT2D eigenvalue weighted by molar-refractivity contribution is 0.227. The number of nitrogens with two attached hydrogens (primary N) is 1. The van der Waals surface area contributed by atoms with E-state index in [1.807, 2.05) is 38.1 Å². The molecule has 1 atom stereocenters. The maximum Gasteiger partial charge on any atom is 0.715 e. The normalized spacial score (nSPS) is 19.4. The molecule has 0 aromatic heterocycles. The molecule has 0 aliphatic carbocycles. The highest BCUT2D eigenvalue weighted by Gasteiger charge is 2.34. The van der Waals surface area contributed by atoms with Crippen LogP contribution in [0.2, 0.25) is 0 Å². The minimum absolute atomic E-state index is 0.0197. The Labute approximate surface area is 135 Å². The topological polar surface area (TPSA) is 78.4 Å². The summed E-state index contributed by atoms with van der Waals surface area (Å²) in [5.74, 6) is 0. The van der Waals surface area contributed by atoms with Crippen molar-refractivity contribution in [2.24, 2.45) is 15.9 Å². The summed E-state index contributed by atoms with van der Waals surface area (Å²) in [5.41, 5.74) is 7.45. The van der Waals surface area contributed by atoms with E-state index in [0.29, 0.717) is 6.61 Å². The van der Waals surface area contributed by atoms with Crippen LogP contribution < -0.4 is 5.73 Å². The molecule has 118 valence electrons. The Bertz CT molecular complexity index is 758. The van der Waals surface area contributed by atoms with Crippen LogP contribution in [0, 0.1) is 0 Å². The lowest BCUT2D eigenvalue weighted by Crippen LogP contribution is -2.29. The molecule has 1 unspecified atom stereocenters. The second-order valence-electron chi connectivity index (χ2n) is 5.34. The van der Waals surface area contributed by atoms with Crippen LogP contribution in [-0.2, 0) is 14.0 Å². The number of fused-ring (bicyclic) bond motifs is 1. The van der Waals surface area contributed by atoms with E-state index in [-0.39, 0.29) is 12.1 Å². The molecule has 1 fully saturated rings. The summed E-state index contributed by atoms with van der Waals surface area (Å²) in [4.78, 5) is 0. The largest absolute Gasteiger partial charge is 0.715 e. The number of hydrogen-bond donors (Lipinski definition) is 1. The van der Waals surface area contributed by atoms with E-state index < -0.39 is 7.32 Å². The average Bonchev–Trinajstić information content (AvgIpc) is 2.97. The van der Waals surface area contributed by atoms with Gasteiger partial charge in [0.25, 0.3) is 6.02 Å². The van der Waals surface area contributed by atoms with Crippen molar-refractivity contribution in [3.05, 3.63) is 48.0 Å². The van der Waals surface area contributed by atoms with Gasteiger partial charge >= 0.3 is 7.32 Å². The van der Waals surface area contributed by atoms with E-state index >= 15 is 0 Å². The van der Waals surface area contributed by atoms with Gasteiger partial charge in [-0.3, -0.25) is 0 Å². The van der Waals surface area contributed by atoms with Crippen molar-refractivity contribution in [3.63, 3.8) is 0 Å². The van der Waals surface area contributed by atoms with Gasteiger partial charge in [0.05, 0.1) is 18.4 Å². The highest BCUT2D eigenvalue weighted by atomic mass is 16.8. The van der Waals surface area contributed by atoms with Crippen LogP contribution in [-0.4, -0.2) is 31.8 Å². The van der Waals surface area contributed by atoms with Crippen LogP contribution >= 0.6 is 0 Å². The van der Waals surface area contributed by atoms with Crippen LogP contribution in [0.4, 0.5) is 0 Å². The van der Waals surface area contributed by atoms with E-state index in [9.17, 15) is 0 Å². The van der Waals surface area contributed by atoms with Crippen molar-refractivity contribution in [2.45, 2.75) is 20.0 Å². The van der Waals surface area contributed by atoms with E-state index in [0.717, 1.165) is 22.0 Å². The molecule has 7 heteroatoms. The van der Waals surface area contributed by atoms with Crippen LogP contribution in [0.3, 0.4) is 0 Å². The molecule has 23 heavy (non-hydrogen) atoms. The van der Waals surface area contributed by atoms with E-state index in [4.69, 9.17) is 19.7 Å². The zero-order valence-electron chi connectivity index (χ0n) is 13.1. The quantitative estimate of drug-likeness (QED) is 0.408. The second-order valence-corrected chi connectivity index (χ2v) is 5.34. The zero-order chi connectivity index (χ0) is 16.2. The minimum Gasteiger partial charge on any atom is -0.483 e. The summed E-state index contributed by atoms with van der Waals surface area (Å²) in [6.07, 6.45) is -0.0197. The molecule has 0 amide bonds. The molecule has 0 bridgehead atoms. The Hall–Kier alpha value is -2.38. The van der Waals surface area contributed by atoms with E-state index in [2.05, 4.69) is 28.4 Å². The Morgan fingerprint density at radius 2 is 2.00 bits per heavy atom. The third-order valence-electron chi connectivity index (χ3n) is 3.51. The molecular formula is C16H18BN3O3. The Morgan fingerprint density at radius 1 is 1.22 bits per heavy atom. The van der Waals surface area contributed by atoms with Gasteiger partial charge in [-0.2, -0.15) is 5.10 Å². The summed E-state index contributed by atoms with van der Waals surface area (Å²) in [6, 6.07) is 14.1. The highest BCUT2D eigenvalue weighted by molar-refractivity contribution is 6.39. The highest BCUT2D eigenvalue weighted by Crippen LogP contribution is 2.19. The van der Waals surface area contributed by atoms with Gasteiger partial charge in [-0.25, -0.2) is 0 Å². The first kappa shape index (κ1) is 15.5. The predicted molar refractivity (Wildman–Crippen MR) is 91.1 cm³/mol. The predicted octanol–water partition coefficient (Wildman–Crippen LogP) is 2.32. The van der Waals surface area contributed by atoms with Crippen molar-refractivity contribution < 1.29 is 14.0 Å². The fraction of sp³-hybridized carbons (Fsp3) is 0.250. The minimum atomic E-state index is -0.818. The maximum atomic E-state index is 5.70. The van der Waals surface area contributed by atoms with Crippen molar-refractivity contribution in [3.8, 4) is 0 Å². The number of nitrogens with zero attached hydrogens (tertiary/aromatic N) is 2. The lowest BCUT2D eigenvalue weighted by atomic mass is 10.0. The molecule has 0 spiro atoms. The van der Waals surface area contributed by atoms with Gasteiger partial charge < -0.3 is 19.7 Å². The first-order valence-corrected chi connectivity index (χ1v) is 7.43. The van der Waals surface area contributed by atoms with Gasteiger partial charge in [-0.1, -0.05) is 47.6 Å². The summed E-state index contributed by atoms with van der Waals surface area (Å²) in [7, 11) is -0.818. The molecule has 2 N–H and O–H groups in total. The van der Waals surface area contributed by atoms with Crippen LogP contribution in [0.1, 0.15) is 19.4 Å². The third kappa shape index (κ3) is 3.69. The Balaban J connectivity index is 1.77. The van der Waals surface area contributed by atoms with Gasteiger partial charge in [0.2, 0.25) is 0 Å². The number of benzene rings is 2. The summed E-state index contributed by atoms with van der Waals surface area (Å²) in [6.45, 7) is 4.24. The summed E-state index contributed by atoms with van der Waals surface area (Å²) < 4.78 is 15.8. The average molecular weight is 311 g/mol. The third-order valence-corrected chi connectivity index (χ3v) is 3.51. The molecule has 1 aliphatic heterocycles.